The Morgan fingerprint density at radius 3 is 2.94 bits per heavy atom. The molecule has 0 saturated carbocycles. The van der Waals surface area contributed by atoms with Crippen LogP contribution < -0.4 is 0 Å². The number of hydrogen-bond acceptors (Lipinski definition) is 3. The van der Waals surface area contributed by atoms with Gasteiger partial charge in [-0.05, 0) is 18.2 Å². The Bertz CT molecular complexity index is 745. The zero-order valence-electron chi connectivity index (χ0n) is 8.98. The van der Waals surface area contributed by atoms with Gasteiger partial charge in [0.25, 0.3) is 0 Å². The number of carbonyl (C=O) groups is 1. The molecule has 0 amide bonds. The number of nitrogens with zero attached hydrogens (tertiary/aromatic N) is 1. The number of nitrogens with one attached hydrogen (secondary N) is 1. The monoisotopic (exact) mass is 246 g/mol. The molecule has 0 aliphatic rings. The van der Waals surface area contributed by atoms with Crippen molar-refractivity contribution in [2.75, 3.05) is 0 Å². The minimum Gasteiger partial charge on any atom is -0.475 e. The second-order valence-corrected chi connectivity index (χ2v) is 3.77. The van der Waals surface area contributed by atoms with Crippen LogP contribution in [-0.2, 0) is 0 Å². The first kappa shape index (κ1) is 10.5. The standard InChI is InChI=1S/C12H7FN2O3/c13-6-1-2-9-7(3-6)8(5-14-9)10-4-11(12(16)17)18-15-10/h1-5,14H,(H,16,17). The number of aromatic nitrogens is 2. The van der Waals surface area contributed by atoms with E-state index in [1.165, 1.54) is 18.2 Å². The number of benzene rings is 1. The Morgan fingerprint density at radius 2 is 2.22 bits per heavy atom. The highest BCUT2D eigenvalue weighted by Crippen LogP contribution is 2.28. The summed E-state index contributed by atoms with van der Waals surface area (Å²) >= 11 is 0. The molecule has 0 unspecified atom stereocenters. The maximum atomic E-state index is 13.2. The van der Waals surface area contributed by atoms with Crippen molar-refractivity contribution in [3.8, 4) is 11.3 Å². The van der Waals surface area contributed by atoms with Gasteiger partial charge in [-0.1, -0.05) is 5.16 Å². The summed E-state index contributed by atoms with van der Waals surface area (Å²) in [6.45, 7) is 0. The summed E-state index contributed by atoms with van der Waals surface area (Å²) in [7, 11) is 0. The van der Waals surface area contributed by atoms with Crippen LogP contribution in [0.25, 0.3) is 22.2 Å². The Kier molecular flexibility index (Phi) is 2.16. The average molecular weight is 246 g/mol. The van der Waals surface area contributed by atoms with Crippen molar-refractivity contribution in [1.29, 1.82) is 0 Å². The molecule has 90 valence electrons. The molecule has 3 rings (SSSR count). The van der Waals surface area contributed by atoms with E-state index in [4.69, 9.17) is 5.11 Å². The van der Waals surface area contributed by atoms with Crippen molar-refractivity contribution >= 4 is 16.9 Å². The zero-order valence-corrected chi connectivity index (χ0v) is 8.98. The summed E-state index contributed by atoms with van der Waals surface area (Å²) in [5.74, 6) is -1.82. The van der Waals surface area contributed by atoms with E-state index in [9.17, 15) is 9.18 Å². The molecule has 5 nitrogen and oxygen atoms in total. The largest absolute Gasteiger partial charge is 0.475 e. The molecule has 0 aliphatic carbocycles. The highest BCUT2D eigenvalue weighted by atomic mass is 19.1. The van der Waals surface area contributed by atoms with Gasteiger partial charge in [0.05, 0.1) is 0 Å². The fourth-order valence-electron chi connectivity index (χ4n) is 1.81. The van der Waals surface area contributed by atoms with E-state index in [2.05, 4.69) is 14.7 Å². The predicted molar refractivity (Wildman–Crippen MR) is 60.7 cm³/mol. The van der Waals surface area contributed by atoms with E-state index in [0.717, 1.165) is 5.52 Å². The lowest BCUT2D eigenvalue weighted by molar-refractivity contribution is 0.0652. The van der Waals surface area contributed by atoms with Crippen LogP contribution in [-0.4, -0.2) is 21.2 Å². The van der Waals surface area contributed by atoms with Gasteiger partial charge in [-0.3, -0.25) is 0 Å². The molecule has 2 N–H and O–H groups in total. The van der Waals surface area contributed by atoms with Gasteiger partial charge in [-0.2, -0.15) is 0 Å². The van der Waals surface area contributed by atoms with Crippen molar-refractivity contribution < 1.29 is 18.8 Å². The van der Waals surface area contributed by atoms with E-state index in [-0.39, 0.29) is 11.6 Å². The van der Waals surface area contributed by atoms with Crippen molar-refractivity contribution in [3.63, 3.8) is 0 Å². The lowest BCUT2D eigenvalue weighted by Gasteiger charge is -1.93. The van der Waals surface area contributed by atoms with Gasteiger partial charge < -0.3 is 14.6 Å². The maximum absolute atomic E-state index is 13.2. The fraction of sp³-hybridized carbons (Fsp3) is 0. The van der Waals surface area contributed by atoms with Crippen molar-refractivity contribution in [3.05, 3.63) is 42.0 Å². The molecule has 0 radical (unpaired) electrons. The SMILES string of the molecule is O=C(O)c1cc(-c2c[nH]c3ccc(F)cc23)no1. The van der Waals surface area contributed by atoms with Crippen LogP contribution in [0.5, 0.6) is 0 Å². The van der Waals surface area contributed by atoms with Crippen molar-refractivity contribution in [2.45, 2.75) is 0 Å². The third kappa shape index (κ3) is 1.55. The molecule has 0 fully saturated rings. The van der Waals surface area contributed by atoms with Gasteiger partial charge >= 0.3 is 5.97 Å². The minimum atomic E-state index is -1.19. The van der Waals surface area contributed by atoms with Crippen LogP contribution in [0, 0.1) is 5.82 Å². The molecule has 3 aromatic rings. The summed E-state index contributed by atoms with van der Waals surface area (Å²) in [5.41, 5.74) is 1.69. The topological polar surface area (TPSA) is 79.1 Å². The lowest BCUT2D eigenvalue weighted by atomic mass is 10.1. The van der Waals surface area contributed by atoms with Crippen molar-refractivity contribution in [1.82, 2.24) is 10.1 Å². The smallest absolute Gasteiger partial charge is 0.374 e. The van der Waals surface area contributed by atoms with E-state index in [0.29, 0.717) is 16.6 Å². The molecule has 0 saturated heterocycles. The first-order valence-corrected chi connectivity index (χ1v) is 5.12. The van der Waals surface area contributed by atoms with E-state index in [1.807, 2.05) is 0 Å². The molecule has 2 heterocycles. The summed E-state index contributed by atoms with van der Waals surface area (Å²) in [5, 5.41) is 13.0. The number of carboxylic acids is 1. The summed E-state index contributed by atoms with van der Waals surface area (Å²) < 4.78 is 17.9. The van der Waals surface area contributed by atoms with Crippen LogP contribution in [0.3, 0.4) is 0 Å². The molecule has 6 heteroatoms. The molecular weight excluding hydrogens is 239 g/mol. The highest BCUT2D eigenvalue weighted by Gasteiger charge is 2.15. The van der Waals surface area contributed by atoms with E-state index in [1.54, 1.807) is 12.3 Å². The first-order valence-electron chi connectivity index (χ1n) is 5.12. The molecule has 0 atom stereocenters. The van der Waals surface area contributed by atoms with Crippen LogP contribution in [0.2, 0.25) is 0 Å². The average Bonchev–Trinajstić information content (AvgIpc) is 2.93. The van der Waals surface area contributed by atoms with Crippen LogP contribution in [0.1, 0.15) is 10.6 Å². The number of carboxylic acid groups (broad SMARTS) is 1. The van der Waals surface area contributed by atoms with Crippen LogP contribution in [0.4, 0.5) is 4.39 Å². The third-order valence-corrected chi connectivity index (χ3v) is 2.64. The number of fused-ring (bicyclic) bond motifs is 1. The van der Waals surface area contributed by atoms with E-state index >= 15 is 0 Å². The second kappa shape index (κ2) is 3.69. The van der Waals surface area contributed by atoms with Gasteiger partial charge in [0.15, 0.2) is 0 Å². The predicted octanol–water partition coefficient (Wildman–Crippen LogP) is 2.66. The van der Waals surface area contributed by atoms with Crippen molar-refractivity contribution in [2.24, 2.45) is 0 Å². The molecule has 1 aromatic carbocycles. The van der Waals surface area contributed by atoms with Crippen LogP contribution in [0.15, 0.2) is 35.0 Å². The van der Waals surface area contributed by atoms with Gasteiger partial charge in [0.2, 0.25) is 5.76 Å². The van der Waals surface area contributed by atoms with E-state index < -0.39 is 5.97 Å². The Hall–Kier alpha value is -2.63. The Balaban J connectivity index is 2.18. The molecule has 18 heavy (non-hydrogen) atoms. The molecule has 2 aromatic heterocycles. The number of halogens is 1. The van der Waals surface area contributed by atoms with Crippen LogP contribution >= 0.6 is 0 Å². The second-order valence-electron chi connectivity index (χ2n) is 3.77. The number of aromatic carboxylic acids is 1. The summed E-state index contributed by atoms with van der Waals surface area (Å²) in [4.78, 5) is 13.7. The van der Waals surface area contributed by atoms with Gasteiger partial charge in [-0.25, -0.2) is 9.18 Å². The first-order chi connectivity index (χ1) is 8.65. The molecule has 0 aliphatic heterocycles. The molecule has 0 spiro atoms. The minimum absolute atomic E-state index is 0.254. The number of H-pyrrole nitrogens is 1. The lowest BCUT2D eigenvalue weighted by Crippen LogP contribution is -1.91. The quantitative estimate of drug-likeness (QED) is 0.728. The third-order valence-electron chi connectivity index (χ3n) is 2.64. The van der Waals surface area contributed by atoms with Gasteiger partial charge in [0, 0.05) is 28.7 Å². The molecule has 0 bridgehead atoms. The Labute approximate surface area is 99.8 Å². The number of hydrogen-bond donors (Lipinski definition) is 2. The fourth-order valence-corrected chi connectivity index (χ4v) is 1.81. The number of aromatic amines is 1. The maximum Gasteiger partial charge on any atom is 0.374 e. The molecular formula is C12H7FN2O3. The normalized spacial score (nSPS) is 10.9. The highest BCUT2D eigenvalue weighted by molar-refractivity contribution is 5.95. The number of rotatable bonds is 2. The summed E-state index contributed by atoms with van der Waals surface area (Å²) in [6.07, 6.45) is 1.63. The Morgan fingerprint density at radius 1 is 1.39 bits per heavy atom. The summed E-state index contributed by atoms with van der Waals surface area (Å²) in [6, 6.07) is 5.60. The van der Waals surface area contributed by atoms with Gasteiger partial charge in [0.1, 0.15) is 11.5 Å². The zero-order chi connectivity index (χ0) is 12.7. The van der Waals surface area contributed by atoms with Gasteiger partial charge in [-0.15, -0.1) is 0 Å².